The number of halogens is 1. The maximum absolute atomic E-state index is 12.9. The van der Waals surface area contributed by atoms with Crippen LogP contribution in [0.15, 0.2) is 77.3 Å². The Morgan fingerprint density at radius 3 is 2.24 bits per heavy atom. The first-order valence-corrected chi connectivity index (χ1v) is 11.9. The maximum Gasteiger partial charge on any atom is 0.258 e. The van der Waals surface area contributed by atoms with Crippen LogP contribution in [0, 0.1) is 5.92 Å². The van der Waals surface area contributed by atoms with E-state index in [0.29, 0.717) is 41.6 Å². The summed E-state index contributed by atoms with van der Waals surface area (Å²) in [4.78, 5) is 27.3. The summed E-state index contributed by atoms with van der Waals surface area (Å²) < 4.78 is 6.52. The van der Waals surface area contributed by atoms with Crippen molar-refractivity contribution in [2.75, 3.05) is 23.4 Å². The molecule has 172 valence electrons. The fraction of sp³-hybridized carbons (Fsp3) is 0.259. The second kappa shape index (κ2) is 11.7. The molecule has 0 bridgehead atoms. The predicted molar refractivity (Wildman–Crippen MR) is 137 cm³/mol. The molecular formula is C27H29BrN2O3. The van der Waals surface area contributed by atoms with Crippen LogP contribution in [0.1, 0.15) is 47.9 Å². The van der Waals surface area contributed by atoms with Crippen molar-refractivity contribution in [1.29, 1.82) is 0 Å². The van der Waals surface area contributed by atoms with Gasteiger partial charge in [0.15, 0.2) is 0 Å². The Hall–Kier alpha value is -3.12. The molecule has 0 aliphatic rings. The molecule has 0 saturated carbocycles. The summed E-state index contributed by atoms with van der Waals surface area (Å²) >= 11 is 3.49. The number of para-hydroxylation sites is 1. The molecule has 0 aliphatic heterocycles. The number of benzene rings is 3. The molecule has 0 radical (unpaired) electrons. The van der Waals surface area contributed by atoms with Gasteiger partial charge in [-0.2, -0.15) is 0 Å². The summed E-state index contributed by atoms with van der Waals surface area (Å²) in [5.74, 6) is 0.967. The molecule has 0 heterocycles. The first-order valence-electron chi connectivity index (χ1n) is 11.1. The summed E-state index contributed by atoms with van der Waals surface area (Å²) in [5, 5.41) is 2.88. The van der Waals surface area contributed by atoms with Crippen molar-refractivity contribution in [3.05, 3.63) is 88.4 Å². The minimum atomic E-state index is -0.233. The Labute approximate surface area is 203 Å². The highest BCUT2D eigenvalue weighted by atomic mass is 79.9. The predicted octanol–water partition coefficient (Wildman–Crippen LogP) is 6.79. The van der Waals surface area contributed by atoms with Crippen molar-refractivity contribution in [1.82, 2.24) is 0 Å². The topological polar surface area (TPSA) is 58.6 Å². The lowest BCUT2D eigenvalue weighted by molar-refractivity contribution is 0.0987. The molecule has 0 atom stereocenters. The minimum Gasteiger partial charge on any atom is -0.492 e. The van der Waals surface area contributed by atoms with Crippen LogP contribution >= 0.6 is 15.9 Å². The Morgan fingerprint density at radius 2 is 1.64 bits per heavy atom. The van der Waals surface area contributed by atoms with E-state index >= 15 is 0 Å². The molecule has 3 aromatic carbocycles. The number of carbonyl (C=O) groups is 2. The van der Waals surface area contributed by atoms with E-state index in [0.717, 1.165) is 16.6 Å². The van der Waals surface area contributed by atoms with Gasteiger partial charge in [0.25, 0.3) is 11.8 Å². The first-order chi connectivity index (χ1) is 15.9. The van der Waals surface area contributed by atoms with Gasteiger partial charge in [0, 0.05) is 29.0 Å². The maximum atomic E-state index is 12.9. The van der Waals surface area contributed by atoms with Gasteiger partial charge < -0.3 is 15.0 Å². The highest BCUT2D eigenvalue weighted by Gasteiger charge is 2.16. The zero-order chi connectivity index (χ0) is 23.8. The zero-order valence-electron chi connectivity index (χ0n) is 19.2. The zero-order valence-corrected chi connectivity index (χ0v) is 20.8. The van der Waals surface area contributed by atoms with Gasteiger partial charge in [-0.05, 0) is 89.8 Å². The molecule has 6 heteroatoms. The molecule has 3 rings (SSSR count). The molecule has 5 nitrogen and oxygen atoms in total. The van der Waals surface area contributed by atoms with E-state index in [-0.39, 0.29) is 11.8 Å². The van der Waals surface area contributed by atoms with Gasteiger partial charge in [0.2, 0.25) is 0 Å². The second-order valence-electron chi connectivity index (χ2n) is 8.09. The number of amides is 2. The lowest BCUT2D eigenvalue weighted by Crippen LogP contribution is -2.30. The SMILES string of the molecule is CCN(C(=O)c1ccc(NC(=O)c2ccc(OCCC(C)C)c(Br)c2)cc1)c1ccccc1. The largest absolute Gasteiger partial charge is 0.492 e. The van der Waals surface area contributed by atoms with Crippen molar-refractivity contribution in [3.63, 3.8) is 0 Å². The van der Waals surface area contributed by atoms with Crippen molar-refractivity contribution < 1.29 is 14.3 Å². The standard InChI is InChI=1S/C27H29BrN2O3/c1-4-30(23-8-6-5-7-9-23)27(32)20-10-13-22(14-11-20)29-26(31)21-12-15-25(24(28)18-21)33-17-16-19(2)3/h5-15,18-19H,4,16-17H2,1-3H3,(H,29,31). The van der Waals surface area contributed by atoms with Crippen molar-refractivity contribution in [3.8, 4) is 5.75 Å². The van der Waals surface area contributed by atoms with Crippen molar-refractivity contribution in [2.24, 2.45) is 5.92 Å². The first kappa shape index (κ1) is 24.5. The highest BCUT2D eigenvalue weighted by Crippen LogP contribution is 2.27. The van der Waals surface area contributed by atoms with Gasteiger partial charge in [-0.1, -0.05) is 32.0 Å². The number of nitrogens with zero attached hydrogens (tertiary/aromatic N) is 1. The summed E-state index contributed by atoms with van der Waals surface area (Å²) in [6.45, 7) is 7.44. The van der Waals surface area contributed by atoms with E-state index < -0.39 is 0 Å². The normalized spacial score (nSPS) is 10.7. The molecule has 0 unspecified atom stereocenters. The van der Waals surface area contributed by atoms with Gasteiger partial charge in [0.1, 0.15) is 5.75 Å². The van der Waals surface area contributed by atoms with Crippen LogP contribution < -0.4 is 15.0 Å². The number of hydrogen-bond donors (Lipinski definition) is 1. The van der Waals surface area contributed by atoms with Crippen LogP contribution in [0.3, 0.4) is 0 Å². The second-order valence-corrected chi connectivity index (χ2v) is 8.95. The fourth-order valence-corrected chi connectivity index (χ4v) is 3.76. The van der Waals surface area contributed by atoms with Crippen LogP contribution in [0.25, 0.3) is 0 Å². The number of carbonyl (C=O) groups excluding carboxylic acids is 2. The van der Waals surface area contributed by atoms with E-state index in [1.807, 2.05) is 37.3 Å². The number of rotatable bonds is 9. The van der Waals surface area contributed by atoms with Crippen LogP contribution in [-0.4, -0.2) is 25.0 Å². The Bertz CT molecular complexity index is 1080. The average Bonchev–Trinajstić information content (AvgIpc) is 2.81. The highest BCUT2D eigenvalue weighted by molar-refractivity contribution is 9.10. The van der Waals surface area contributed by atoms with E-state index in [1.54, 1.807) is 47.4 Å². The van der Waals surface area contributed by atoms with Gasteiger partial charge in [-0.15, -0.1) is 0 Å². The van der Waals surface area contributed by atoms with Crippen LogP contribution in [0.4, 0.5) is 11.4 Å². The van der Waals surface area contributed by atoms with Crippen LogP contribution in [-0.2, 0) is 0 Å². The summed E-state index contributed by atoms with van der Waals surface area (Å²) in [6.07, 6.45) is 0.967. The molecular weight excluding hydrogens is 480 g/mol. The average molecular weight is 509 g/mol. The quantitative estimate of drug-likeness (QED) is 0.346. The third-order valence-electron chi connectivity index (χ3n) is 5.17. The molecule has 2 amide bonds. The van der Waals surface area contributed by atoms with Crippen LogP contribution in [0.5, 0.6) is 5.75 Å². The monoisotopic (exact) mass is 508 g/mol. The van der Waals surface area contributed by atoms with Crippen molar-refractivity contribution >= 4 is 39.1 Å². The van der Waals surface area contributed by atoms with Crippen LogP contribution in [0.2, 0.25) is 0 Å². The Balaban J connectivity index is 1.64. The third kappa shape index (κ3) is 6.68. The van der Waals surface area contributed by atoms with Gasteiger partial charge >= 0.3 is 0 Å². The Morgan fingerprint density at radius 1 is 0.970 bits per heavy atom. The number of nitrogens with one attached hydrogen (secondary N) is 1. The van der Waals surface area contributed by atoms with Gasteiger partial charge in [-0.3, -0.25) is 9.59 Å². The van der Waals surface area contributed by atoms with E-state index in [4.69, 9.17) is 4.74 Å². The Kier molecular flexibility index (Phi) is 8.66. The van der Waals surface area contributed by atoms with Gasteiger partial charge in [-0.25, -0.2) is 0 Å². The lowest BCUT2D eigenvalue weighted by Gasteiger charge is -2.21. The van der Waals surface area contributed by atoms with Gasteiger partial charge in [0.05, 0.1) is 11.1 Å². The molecule has 3 aromatic rings. The molecule has 0 spiro atoms. The molecule has 0 aliphatic carbocycles. The summed E-state index contributed by atoms with van der Waals surface area (Å²) in [7, 11) is 0. The molecule has 0 saturated heterocycles. The van der Waals surface area contributed by atoms with E-state index in [9.17, 15) is 9.59 Å². The minimum absolute atomic E-state index is 0.0847. The number of hydrogen-bond acceptors (Lipinski definition) is 3. The third-order valence-corrected chi connectivity index (χ3v) is 5.79. The summed E-state index contributed by atoms with van der Waals surface area (Å²) in [5.41, 5.74) is 2.54. The summed E-state index contributed by atoms with van der Waals surface area (Å²) in [6, 6.07) is 21.8. The fourth-order valence-electron chi connectivity index (χ4n) is 3.27. The van der Waals surface area contributed by atoms with E-state index in [2.05, 4.69) is 35.1 Å². The van der Waals surface area contributed by atoms with E-state index in [1.165, 1.54) is 0 Å². The number of ether oxygens (including phenoxy) is 1. The molecule has 0 aromatic heterocycles. The molecule has 0 fully saturated rings. The van der Waals surface area contributed by atoms with Crippen molar-refractivity contribution in [2.45, 2.75) is 27.2 Å². The number of anilines is 2. The molecule has 1 N–H and O–H groups in total. The molecule has 33 heavy (non-hydrogen) atoms. The lowest BCUT2D eigenvalue weighted by atomic mass is 10.1. The smallest absolute Gasteiger partial charge is 0.258 e.